The molecule has 4 heterocycles. The van der Waals surface area contributed by atoms with E-state index < -0.39 is 5.82 Å². The minimum absolute atomic E-state index is 0.135. The molecule has 3 aliphatic heterocycles. The zero-order valence-electron chi connectivity index (χ0n) is 13.7. The lowest BCUT2D eigenvalue weighted by Gasteiger charge is -2.31. The van der Waals surface area contributed by atoms with Crippen LogP contribution in [0.5, 0.6) is 0 Å². The van der Waals surface area contributed by atoms with Crippen molar-refractivity contribution in [2.45, 2.75) is 6.54 Å². The molecule has 0 amide bonds. The molecular weight excluding hydrogens is 375 g/mol. The predicted molar refractivity (Wildman–Crippen MR) is 97.7 cm³/mol. The van der Waals surface area contributed by atoms with Crippen LogP contribution in [-0.4, -0.2) is 28.2 Å². The number of halogens is 2. The van der Waals surface area contributed by atoms with Crippen LogP contribution in [0.2, 0.25) is 5.02 Å². The second-order valence-electron chi connectivity index (χ2n) is 5.82. The van der Waals surface area contributed by atoms with Crippen LogP contribution in [0.25, 0.3) is 0 Å². The Morgan fingerprint density at radius 1 is 1.26 bits per heavy atom. The highest BCUT2D eigenvalue weighted by atomic mass is 35.5. The number of anilines is 1. The Hall–Kier alpha value is -3.53. The maximum Gasteiger partial charge on any atom is 0.235 e. The van der Waals surface area contributed by atoms with Gasteiger partial charge in [-0.3, -0.25) is 10.4 Å². The molecule has 2 aromatic rings. The Labute approximate surface area is 157 Å². The highest BCUT2D eigenvalue weighted by Gasteiger charge is 2.38. The summed E-state index contributed by atoms with van der Waals surface area (Å²) in [4.78, 5) is 8.68. The quantitative estimate of drug-likeness (QED) is 0.837. The summed E-state index contributed by atoms with van der Waals surface area (Å²) in [5.41, 5.74) is 10.1. The number of nitrogens with two attached hydrogens (primary N) is 1. The van der Waals surface area contributed by atoms with E-state index in [2.05, 4.69) is 20.5 Å². The molecule has 0 bridgehead atoms. The molecule has 0 atom stereocenters. The third-order valence-electron chi connectivity index (χ3n) is 4.16. The molecule has 27 heavy (non-hydrogen) atoms. The number of amidine groups is 1. The van der Waals surface area contributed by atoms with Crippen molar-refractivity contribution in [3.63, 3.8) is 0 Å². The molecule has 0 radical (unpaired) electrons. The van der Waals surface area contributed by atoms with Crippen LogP contribution in [0.4, 0.5) is 10.3 Å². The van der Waals surface area contributed by atoms with Gasteiger partial charge in [-0.15, -0.1) is 10.2 Å². The molecule has 9 nitrogen and oxygen atoms in total. The van der Waals surface area contributed by atoms with Gasteiger partial charge >= 0.3 is 0 Å². The predicted octanol–water partition coefficient (Wildman–Crippen LogP) is 1.97. The number of hydrogen-bond donors (Lipinski definition) is 2. The Balaban J connectivity index is 1.47. The molecule has 1 aromatic carbocycles. The fraction of sp³-hybridized carbons (Fsp3) is 0.0625. The number of hydrazone groups is 1. The first-order chi connectivity index (χ1) is 13.1. The van der Waals surface area contributed by atoms with E-state index in [1.54, 1.807) is 34.3 Å². The number of guanidine groups is 1. The molecule has 3 aliphatic rings. The zero-order valence-corrected chi connectivity index (χ0v) is 14.4. The molecule has 11 heteroatoms. The van der Waals surface area contributed by atoms with Crippen LogP contribution in [0.1, 0.15) is 5.56 Å². The molecular formula is C16H12ClFN8O. The van der Waals surface area contributed by atoms with Crippen LogP contribution < -0.4 is 16.3 Å². The molecule has 0 spiro atoms. The van der Waals surface area contributed by atoms with E-state index in [1.165, 1.54) is 23.8 Å². The van der Waals surface area contributed by atoms with Crippen molar-refractivity contribution in [1.29, 1.82) is 0 Å². The number of furan rings is 1. The summed E-state index contributed by atoms with van der Waals surface area (Å²) in [6, 6.07) is 8.03. The van der Waals surface area contributed by atoms with Crippen LogP contribution in [0, 0.1) is 5.82 Å². The van der Waals surface area contributed by atoms with E-state index in [9.17, 15) is 4.39 Å². The molecule has 0 unspecified atom stereocenters. The van der Waals surface area contributed by atoms with Crippen LogP contribution in [-0.2, 0) is 6.54 Å². The van der Waals surface area contributed by atoms with Gasteiger partial charge in [-0.2, -0.15) is 10.0 Å². The Morgan fingerprint density at radius 3 is 2.93 bits per heavy atom. The number of rotatable bonds is 3. The third kappa shape index (κ3) is 2.41. The van der Waals surface area contributed by atoms with Crippen LogP contribution >= 0.6 is 11.6 Å². The van der Waals surface area contributed by atoms with E-state index in [-0.39, 0.29) is 12.5 Å². The van der Waals surface area contributed by atoms with E-state index in [4.69, 9.17) is 21.8 Å². The molecule has 5 rings (SSSR count). The molecule has 136 valence electrons. The standard InChI is InChI=1S/C16H12ClFN8O/c17-10-3-1-4-11(18)9(10)7-24-8-20-15-13-14(21-16(19)25(15)24)23-26(22-13)12-5-2-6-27-12/h1-6,8,22H,7H2,(H2,19,21,23). The van der Waals surface area contributed by atoms with Crippen molar-refractivity contribution in [2.75, 3.05) is 5.12 Å². The molecule has 0 saturated heterocycles. The average molecular weight is 387 g/mol. The fourth-order valence-electron chi connectivity index (χ4n) is 2.92. The van der Waals surface area contributed by atoms with Gasteiger partial charge in [0.1, 0.15) is 17.9 Å². The van der Waals surface area contributed by atoms with Gasteiger partial charge in [0.15, 0.2) is 5.82 Å². The fourth-order valence-corrected chi connectivity index (χ4v) is 3.14. The van der Waals surface area contributed by atoms with Crippen molar-refractivity contribution < 1.29 is 8.81 Å². The topological polar surface area (TPSA) is 98.0 Å². The normalized spacial score (nSPS) is 17.8. The Morgan fingerprint density at radius 2 is 2.15 bits per heavy atom. The number of hydrogen-bond acceptors (Lipinski definition) is 9. The number of benzene rings is 1. The highest BCUT2D eigenvalue weighted by molar-refractivity contribution is 6.31. The van der Waals surface area contributed by atoms with Crippen molar-refractivity contribution in [2.24, 2.45) is 20.8 Å². The molecule has 0 saturated carbocycles. The van der Waals surface area contributed by atoms with Gasteiger partial charge < -0.3 is 10.2 Å². The van der Waals surface area contributed by atoms with E-state index in [0.29, 0.717) is 33.8 Å². The molecule has 3 N–H and O–H groups in total. The summed E-state index contributed by atoms with van der Waals surface area (Å²) in [6.45, 7) is 0.135. The summed E-state index contributed by atoms with van der Waals surface area (Å²) in [5, 5.41) is 9.27. The summed E-state index contributed by atoms with van der Waals surface area (Å²) < 4.78 is 19.5. The van der Waals surface area contributed by atoms with Crippen molar-refractivity contribution in [3.8, 4) is 0 Å². The average Bonchev–Trinajstić information content (AvgIpc) is 3.36. The van der Waals surface area contributed by atoms with Gasteiger partial charge in [-0.1, -0.05) is 17.7 Å². The largest absolute Gasteiger partial charge is 0.446 e. The first-order valence-electron chi connectivity index (χ1n) is 7.93. The van der Waals surface area contributed by atoms with Gasteiger partial charge in [0.2, 0.25) is 17.7 Å². The number of nitrogens with zero attached hydrogens (tertiary/aromatic N) is 6. The zero-order chi connectivity index (χ0) is 18.5. The lowest BCUT2D eigenvalue weighted by molar-refractivity contribution is 0.184. The first-order valence-corrected chi connectivity index (χ1v) is 8.31. The number of fused-ring (bicyclic) bond motifs is 2. The van der Waals surface area contributed by atoms with Gasteiger partial charge in [-0.05, 0) is 18.2 Å². The number of nitrogens with one attached hydrogen (secondary N) is 1. The SMILES string of the molecule is NC1=NC2=NN(c3ccco3)NC2=C2N=CN(Cc3c(F)cccc3Cl)N12. The smallest absolute Gasteiger partial charge is 0.235 e. The molecule has 0 aliphatic carbocycles. The first kappa shape index (κ1) is 15.7. The van der Waals surface area contributed by atoms with E-state index in [1.807, 2.05) is 0 Å². The monoisotopic (exact) mass is 386 g/mol. The highest BCUT2D eigenvalue weighted by Crippen LogP contribution is 2.30. The minimum atomic E-state index is -0.408. The van der Waals surface area contributed by atoms with Crippen LogP contribution in [0.3, 0.4) is 0 Å². The summed E-state index contributed by atoms with van der Waals surface area (Å²) in [7, 11) is 0. The number of aliphatic imine (C=N–C) groups is 2. The minimum Gasteiger partial charge on any atom is -0.446 e. The van der Waals surface area contributed by atoms with Crippen molar-refractivity contribution in [3.05, 3.63) is 64.5 Å². The van der Waals surface area contributed by atoms with Gasteiger partial charge in [-0.25, -0.2) is 9.38 Å². The Bertz CT molecular complexity index is 1020. The summed E-state index contributed by atoms with van der Waals surface area (Å²) in [5.74, 6) is 1.10. The van der Waals surface area contributed by atoms with Gasteiger partial charge in [0, 0.05) is 16.7 Å². The van der Waals surface area contributed by atoms with Gasteiger partial charge in [0.25, 0.3) is 0 Å². The third-order valence-corrected chi connectivity index (χ3v) is 4.52. The van der Waals surface area contributed by atoms with E-state index >= 15 is 0 Å². The second kappa shape index (κ2) is 5.74. The lowest BCUT2D eigenvalue weighted by atomic mass is 10.2. The lowest BCUT2D eigenvalue weighted by Crippen LogP contribution is -2.48. The summed E-state index contributed by atoms with van der Waals surface area (Å²) in [6.07, 6.45) is 3.07. The summed E-state index contributed by atoms with van der Waals surface area (Å²) >= 11 is 6.13. The maximum absolute atomic E-state index is 14.2. The van der Waals surface area contributed by atoms with E-state index in [0.717, 1.165) is 0 Å². The van der Waals surface area contributed by atoms with Crippen LogP contribution in [0.15, 0.2) is 67.6 Å². The van der Waals surface area contributed by atoms with Crippen molar-refractivity contribution >= 4 is 35.6 Å². The molecule has 0 fully saturated rings. The number of hydrazine groups is 2. The van der Waals surface area contributed by atoms with Gasteiger partial charge in [0.05, 0.1) is 12.8 Å². The Kier molecular flexibility index (Phi) is 3.34. The second-order valence-corrected chi connectivity index (χ2v) is 6.23. The van der Waals surface area contributed by atoms with Crippen molar-refractivity contribution in [1.82, 2.24) is 15.4 Å². The molecule has 1 aromatic heterocycles. The maximum atomic E-state index is 14.2.